The molecule has 8 nitrogen and oxygen atoms in total. The average molecular weight is 407 g/mol. The van der Waals surface area contributed by atoms with Gasteiger partial charge in [-0.15, -0.1) is 0 Å². The van der Waals surface area contributed by atoms with Gasteiger partial charge in [-0.05, 0) is 42.5 Å². The number of methoxy groups -OCH3 is 1. The maximum absolute atomic E-state index is 12.8. The molecule has 0 aliphatic rings. The summed E-state index contributed by atoms with van der Waals surface area (Å²) in [6, 6.07) is 20.3. The molecule has 0 spiro atoms. The molecule has 0 radical (unpaired) electrons. The zero-order valence-corrected chi connectivity index (χ0v) is 16.3. The van der Waals surface area contributed by atoms with E-state index in [4.69, 9.17) is 9.47 Å². The third-order valence-electron chi connectivity index (χ3n) is 4.17. The van der Waals surface area contributed by atoms with Gasteiger partial charge in [0, 0.05) is 37.2 Å². The fourth-order valence-electron chi connectivity index (χ4n) is 2.70. The normalized spacial score (nSPS) is 10.3. The number of anilines is 2. The van der Waals surface area contributed by atoms with E-state index >= 15 is 0 Å². The minimum atomic E-state index is -0.536. The molecule has 154 valence electrons. The van der Waals surface area contributed by atoms with Crippen LogP contribution in [0.15, 0.2) is 72.8 Å². The number of nitro benzene ring substituents is 1. The van der Waals surface area contributed by atoms with Gasteiger partial charge in [0.25, 0.3) is 11.6 Å². The highest BCUT2D eigenvalue weighted by Gasteiger charge is 2.17. The van der Waals surface area contributed by atoms with E-state index in [2.05, 4.69) is 10.6 Å². The van der Waals surface area contributed by atoms with Crippen molar-refractivity contribution < 1.29 is 19.2 Å². The highest BCUT2D eigenvalue weighted by Crippen LogP contribution is 2.25. The standard InChI is InChI=1S/C22H21N3O5/c1-29-14-13-23-21-12-9-17(25(27)28)15-20(21)22(26)24-16-7-10-19(11-8-16)30-18-5-3-2-4-6-18/h2-12,15,23H,13-14H2,1H3,(H,24,26). The lowest BCUT2D eigenvalue weighted by atomic mass is 10.1. The Bertz CT molecular complexity index is 1010. The van der Waals surface area contributed by atoms with Crippen LogP contribution in [0.25, 0.3) is 0 Å². The van der Waals surface area contributed by atoms with Crippen LogP contribution in [0.5, 0.6) is 11.5 Å². The largest absolute Gasteiger partial charge is 0.457 e. The number of nitro groups is 1. The number of hydrogen-bond acceptors (Lipinski definition) is 6. The molecule has 0 unspecified atom stereocenters. The molecule has 30 heavy (non-hydrogen) atoms. The minimum Gasteiger partial charge on any atom is -0.457 e. The van der Waals surface area contributed by atoms with Gasteiger partial charge in [0.2, 0.25) is 0 Å². The minimum absolute atomic E-state index is 0.163. The summed E-state index contributed by atoms with van der Waals surface area (Å²) >= 11 is 0. The van der Waals surface area contributed by atoms with Gasteiger partial charge in [-0.1, -0.05) is 18.2 Å². The predicted octanol–water partition coefficient (Wildman–Crippen LogP) is 4.70. The first kappa shape index (κ1) is 20.8. The summed E-state index contributed by atoms with van der Waals surface area (Å²) in [7, 11) is 1.57. The second-order valence-corrected chi connectivity index (χ2v) is 6.30. The number of hydrogen-bond donors (Lipinski definition) is 2. The molecule has 3 aromatic rings. The molecule has 0 atom stereocenters. The van der Waals surface area contributed by atoms with Gasteiger partial charge < -0.3 is 20.1 Å². The lowest BCUT2D eigenvalue weighted by Gasteiger charge is -2.12. The first-order chi connectivity index (χ1) is 14.6. The van der Waals surface area contributed by atoms with Crippen LogP contribution in [-0.4, -0.2) is 31.1 Å². The molecular formula is C22H21N3O5. The Balaban J connectivity index is 1.74. The van der Waals surface area contributed by atoms with Gasteiger partial charge in [0.1, 0.15) is 11.5 Å². The van der Waals surface area contributed by atoms with Gasteiger partial charge in [0.05, 0.1) is 17.1 Å². The number of ether oxygens (including phenoxy) is 2. The van der Waals surface area contributed by atoms with Gasteiger partial charge in [-0.2, -0.15) is 0 Å². The van der Waals surface area contributed by atoms with Crippen LogP contribution in [0.1, 0.15) is 10.4 Å². The van der Waals surface area contributed by atoms with E-state index in [-0.39, 0.29) is 11.3 Å². The molecule has 0 aromatic heterocycles. The van der Waals surface area contributed by atoms with Gasteiger partial charge in [-0.3, -0.25) is 14.9 Å². The summed E-state index contributed by atoms with van der Waals surface area (Å²) in [5.74, 6) is 0.865. The maximum atomic E-state index is 12.8. The van der Waals surface area contributed by atoms with Gasteiger partial charge in [-0.25, -0.2) is 0 Å². The van der Waals surface area contributed by atoms with Crippen molar-refractivity contribution in [1.82, 2.24) is 0 Å². The van der Waals surface area contributed by atoms with Crippen LogP contribution in [0.2, 0.25) is 0 Å². The number of nitrogens with zero attached hydrogens (tertiary/aromatic N) is 1. The highest BCUT2D eigenvalue weighted by atomic mass is 16.6. The molecular weight excluding hydrogens is 386 g/mol. The molecule has 0 heterocycles. The zero-order valence-electron chi connectivity index (χ0n) is 16.3. The van der Waals surface area contributed by atoms with Crippen molar-refractivity contribution in [2.45, 2.75) is 0 Å². The number of amides is 1. The van der Waals surface area contributed by atoms with Crippen molar-refractivity contribution in [2.24, 2.45) is 0 Å². The van der Waals surface area contributed by atoms with Crippen molar-refractivity contribution in [3.8, 4) is 11.5 Å². The second-order valence-electron chi connectivity index (χ2n) is 6.30. The van der Waals surface area contributed by atoms with Crippen LogP contribution in [0.3, 0.4) is 0 Å². The van der Waals surface area contributed by atoms with Crippen molar-refractivity contribution >= 4 is 23.0 Å². The smallest absolute Gasteiger partial charge is 0.270 e. The van der Waals surface area contributed by atoms with Crippen LogP contribution in [0, 0.1) is 10.1 Å². The van der Waals surface area contributed by atoms with E-state index < -0.39 is 10.8 Å². The summed E-state index contributed by atoms with van der Waals surface area (Å²) in [5.41, 5.74) is 1.03. The molecule has 0 aliphatic carbocycles. The Hall–Kier alpha value is -3.91. The Labute approximate surface area is 173 Å². The SMILES string of the molecule is COCCNc1ccc([N+](=O)[O-])cc1C(=O)Nc1ccc(Oc2ccccc2)cc1. The Morgan fingerprint density at radius 3 is 2.37 bits per heavy atom. The Morgan fingerprint density at radius 2 is 1.70 bits per heavy atom. The molecule has 8 heteroatoms. The van der Waals surface area contributed by atoms with Crippen LogP contribution >= 0.6 is 0 Å². The summed E-state index contributed by atoms with van der Waals surface area (Å²) in [5, 5.41) is 16.9. The molecule has 0 fully saturated rings. The van der Waals surface area contributed by atoms with E-state index in [1.807, 2.05) is 30.3 Å². The van der Waals surface area contributed by atoms with E-state index in [1.54, 1.807) is 31.4 Å². The predicted molar refractivity (Wildman–Crippen MR) is 114 cm³/mol. The fraction of sp³-hybridized carbons (Fsp3) is 0.136. The zero-order chi connectivity index (χ0) is 21.3. The first-order valence-electron chi connectivity index (χ1n) is 9.22. The Morgan fingerprint density at radius 1 is 1.00 bits per heavy atom. The molecule has 3 aromatic carbocycles. The fourth-order valence-corrected chi connectivity index (χ4v) is 2.70. The molecule has 2 N–H and O–H groups in total. The van der Waals surface area contributed by atoms with E-state index in [0.717, 1.165) is 0 Å². The lowest BCUT2D eigenvalue weighted by Crippen LogP contribution is -2.16. The number of nitrogens with one attached hydrogen (secondary N) is 2. The number of benzene rings is 3. The monoisotopic (exact) mass is 407 g/mol. The van der Waals surface area contributed by atoms with E-state index in [1.165, 1.54) is 18.2 Å². The summed E-state index contributed by atoms with van der Waals surface area (Å²) in [6.45, 7) is 0.890. The maximum Gasteiger partial charge on any atom is 0.270 e. The average Bonchev–Trinajstić information content (AvgIpc) is 2.76. The number of para-hydroxylation sites is 1. The highest BCUT2D eigenvalue weighted by molar-refractivity contribution is 6.08. The summed E-state index contributed by atoms with van der Waals surface area (Å²) in [4.78, 5) is 23.4. The molecule has 3 rings (SSSR count). The molecule has 0 bridgehead atoms. The third-order valence-corrected chi connectivity index (χ3v) is 4.17. The van der Waals surface area contributed by atoms with Crippen molar-refractivity contribution in [3.63, 3.8) is 0 Å². The second kappa shape index (κ2) is 10.0. The van der Waals surface area contributed by atoms with E-state index in [0.29, 0.717) is 36.0 Å². The Kier molecular flexibility index (Phi) is 6.96. The summed E-state index contributed by atoms with van der Waals surface area (Å²) < 4.78 is 10.7. The quantitative estimate of drug-likeness (QED) is 0.303. The van der Waals surface area contributed by atoms with Crippen molar-refractivity contribution in [2.75, 3.05) is 30.9 Å². The summed E-state index contributed by atoms with van der Waals surface area (Å²) in [6.07, 6.45) is 0. The first-order valence-corrected chi connectivity index (χ1v) is 9.22. The van der Waals surface area contributed by atoms with Crippen molar-refractivity contribution in [3.05, 3.63) is 88.5 Å². The molecule has 0 saturated heterocycles. The number of non-ortho nitro benzene ring substituents is 1. The van der Waals surface area contributed by atoms with Crippen molar-refractivity contribution in [1.29, 1.82) is 0 Å². The van der Waals surface area contributed by atoms with Crippen LogP contribution < -0.4 is 15.4 Å². The lowest BCUT2D eigenvalue weighted by molar-refractivity contribution is -0.384. The van der Waals surface area contributed by atoms with Gasteiger partial charge in [0.15, 0.2) is 0 Å². The topological polar surface area (TPSA) is 103 Å². The molecule has 0 saturated carbocycles. The van der Waals surface area contributed by atoms with Gasteiger partial charge >= 0.3 is 0 Å². The van der Waals surface area contributed by atoms with Crippen LogP contribution in [0.4, 0.5) is 17.1 Å². The van der Waals surface area contributed by atoms with E-state index in [9.17, 15) is 14.9 Å². The number of carbonyl (C=O) groups excluding carboxylic acids is 1. The molecule has 0 aliphatic heterocycles. The van der Waals surface area contributed by atoms with Crippen LogP contribution in [-0.2, 0) is 4.74 Å². The third kappa shape index (κ3) is 5.55. The number of rotatable bonds is 9. The number of carbonyl (C=O) groups is 1. The molecule has 1 amide bonds.